The van der Waals surface area contributed by atoms with Crippen LogP contribution >= 0.6 is 11.6 Å². The molecule has 2 nitrogen and oxygen atoms in total. The number of rotatable bonds is 4. The van der Waals surface area contributed by atoms with Gasteiger partial charge in [0.1, 0.15) is 5.82 Å². The molecule has 2 aromatic rings. The second kappa shape index (κ2) is 6.25. The van der Waals surface area contributed by atoms with Crippen molar-refractivity contribution in [1.82, 2.24) is 0 Å². The molecule has 0 aromatic heterocycles. The normalized spacial score (nSPS) is 12.2. The van der Waals surface area contributed by atoms with Crippen molar-refractivity contribution in [1.29, 1.82) is 0 Å². The van der Waals surface area contributed by atoms with Crippen LogP contribution in [0.4, 0.5) is 10.1 Å². The molecule has 0 aliphatic rings. The summed E-state index contributed by atoms with van der Waals surface area (Å²) in [6, 6.07) is 12.3. The van der Waals surface area contributed by atoms with Crippen molar-refractivity contribution in [3.8, 4) is 0 Å². The lowest BCUT2D eigenvalue weighted by atomic mass is 10.0. The molecule has 1 atom stereocenters. The highest BCUT2D eigenvalue weighted by Crippen LogP contribution is 2.30. The Balaban J connectivity index is 2.42. The highest BCUT2D eigenvalue weighted by Gasteiger charge is 2.20. The monoisotopic (exact) mass is 292 g/mol. The molecule has 1 unspecified atom stereocenters. The van der Waals surface area contributed by atoms with E-state index in [-0.39, 0.29) is 11.9 Å². The van der Waals surface area contributed by atoms with Crippen LogP contribution in [0.1, 0.15) is 17.2 Å². The van der Waals surface area contributed by atoms with Gasteiger partial charge in [-0.15, -0.1) is 0 Å². The number of aryl methyl sites for hydroxylation is 1. The first kappa shape index (κ1) is 14.8. The first-order valence-electron chi connectivity index (χ1n) is 6.48. The molecule has 2 rings (SSSR count). The van der Waals surface area contributed by atoms with Crippen LogP contribution in [-0.4, -0.2) is 13.6 Å². The summed E-state index contributed by atoms with van der Waals surface area (Å²) in [5.41, 5.74) is 8.53. The van der Waals surface area contributed by atoms with Gasteiger partial charge in [0.05, 0.1) is 6.04 Å². The van der Waals surface area contributed by atoms with E-state index in [1.807, 2.05) is 43.1 Å². The summed E-state index contributed by atoms with van der Waals surface area (Å²) < 4.78 is 14.0. The van der Waals surface area contributed by atoms with Gasteiger partial charge in [-0.25, -0.2) is 4.39 Å². The average Bonchev–Trinajstić information content (AvgIpc) is 2.44. The highest BCUT2D eigenvalue weighted by atomic mass is 35.5. The second-order valence-corrected chi connectivity index (χ2v) is 5.25. The predicted octanol–water partition coefficient (Wildman–Crippen LogP) is 3.92. The quantitative estimate of drug-likeness (QED) is 0.925. The van der Waals surface area contributed by atoms with Crippen LogP contribution in [0, 0.1) is 12.7 Å². The first-order valence-corrected chi connectivity index (χ1v) is 6.86. The van der Waals surface area contributed by atoms with E-state index in [4.69, 9.17) is 17.3 Å². The Kier molecular flexibility index (Phi) is 4.63. The van der Waals surface area contributed by atoms with Crippen LogP contribution in [-0.2, 0) is 0 Å². The van der Waals surface area contributed by atoms with Crippen LogP contribution in [0.25, 0.3) is 0 Å². The molecule has 2 aromatic carbocycles. The highest BCUT2D eigenvalue weighted by molar-refractivity contribution is 6.30. The molecule has 0 amide bonds. The lowest BCUT2D eigenvalue weighted by Gasteiger charge is -2.31. The molecule has 0 fully saturated rings. The van der Waals surface area contributed by atoms with Gasteiger partial charge in [-0.3, -0.25) is 0 Å². The fourth-order valence-electron chi connectivity index (χ4n) is 2.39. The van der Waals surface area contributed by atoms with E-state index in [0.717, 1.165) is 11.3 Å². The van der Waals surface area contributed by atoms with Gasteiger partial charge in [0.15, 0.2) is 0 Å². The summed E-state index contributed by atoms with van der Waals surface area (Å²) in [5, 5.41) is 0.512. The Morgan fingerprint density at radius 2 is 1.95 bits per heavy atom. The summed E-state index contributed by atoms with van der Waals surface area (Å²) >= 11 is 5.97. The molecule has 106 valence electrons. The maximum Gasteiger partial charge on any atom is 0.128 e. The zero-order chi connectivity index (χ0) is 14.7. The van der Waals surface area contributed by atoms with Crippen LogP contribution in [0.2, 0.25) is 5.02 Å². The van der Waals surface area contributed by atoms with E-state index >= 15 is 0 Å². The molecule has 0 aliphatic carbocycles. The lowest BCUT2D eigenvalue weighted by molar-refractivity contribution is 0.572. The number of anilines is 1. The molecule has 0 saturated carbocycles. The third kappa shape index (κ3) is 2.94. The SMILES string of the molecule is Cc1ccccc1N(C)C(CN)c1cc(Cl)ccc1F. The predicted molar refractivity (Wildman–Crippen MR) is 82.8 cm³/mol. The Hall–Kier alpha value is -1.58. The smallest absolute Gasteiger partial charge is 0.128 e. The van der Waals surface area contributed by atoms with Gasteiger partial charge in [0, 0.05) is 29.9 Å². The van der Waals surface area contributed by atoms with Gasteiger partial charge in [-0.1, -0.05) is 29.8 Å². The van der Waals surface area contributed by atoms with Crippen molar-refractivity contribution < 1.29 is 4.39 Å². The molecule has 0 radical (unpaired) electrons. The summed E-state index contributed by atoms with van der Waals surface area (Å²) in [6.07, 6.45) is 0. The third-order valence-electron chi connectivity index (χ3n) is 3.50. The first-order chi connectivity index (χ1) is 9.54. The molecular formula is C16H18ClFN2. The zero-order valence-electron chi connectivity index (χ0n) is 11.6. The molecule has 0 heterocycles. The summed E-state index contributed by atoms with van der Waals surface area (Å²) in [7, 11) is 1.92. The van der Waals surface area contributed by atoms with Gasteiger partial charge >= 0.3 is 0 Å². The van der Waals surface area contributed by atoms with Crippen molar-refractivity contribution in [2.45, 2.75) is 13.0 Å². The zero-order valence-corrected chi connectivity index (χ0v) is 12.4. The fraction of sp³-hybridized carbons (Fsp3) is 0.250. The molecule has 4 heteroatoms. The van der Waals surface area contributed by atoms with Crippen LogP contribution in [0.3, 0.4) is 0 Å². The van der Waals surface area contributed by atoms with E-state index in [1.165, 1.54) is 6.07 Å². The van der Waals surface area contributed by atoms with Crippen molar-refractivity contribution in [3.05, 3.63) is 64.4 Å². The van der Waals surface area contributed by atoms with Gasteiger partial charge in [0.2, 0.25) is 0 Å². The number of benzene rings is 2. The van der Waals surface area contributed by atoms with E-state index < -0.39 is 0 Å². The van der Waals surface area contributed by atoms with Gasteiger partial charge in [-0.05, 0) is 36.8 Å². The molecular weight excluding hydrogens is 275 g/mol. The summed E-state index contributed by atoms with van der Waals surface area (Å²) in [4.78, 5) is 1.99. The van der Waals surface area contributed by atoms with E-state index in [0.29, 0.717) is 17.1 Å². The molecule has 0 saturated heterocycles. The Morgan fingerprint density at radius 1 is 1.25 bits per heavy atom. The number of nitrogens with two attached hydrogens (primary N) is 1. The van der Waals surface area contributed by atoms with Gasteiger partial charge < -0.3 is 10.6 Å². The van der Waals surface area contributed by atoms with E-state index in [2.05, 4.69) is 0 Å². The standard InChI is InChI=1S/C16H18ClFN2/c1-11-5-3-4-6-15(11)20(2)16(10-19)13-9-12(17)7-8-14(13)18/h3-9,16H,10,19H2,1-2H3. The summed E-state index contributed by atoms with van der Waals surface area (Å²) in [5.74, 6) is -0.287. The minimum Gasteiger partial charge on any atom is -0.366 e. The maximum absolute atomic E-state index is 14.0. The lowest BCUT2D eigenvalue weighted by Crippen LogP contribution is -2.31. The van der Waals surface area contributed by atoms with Crippen molar-refractivity contribution in [3.63, 3.8) is 0 Å². The minimum absolute atomic E-state index is 0.255. The van der Waals surface area contributed by atoms with E-state index in [9.17, 15) is 4.39 Å². The number of nitrogens with zero attached hydrogens (tertiary/aromatic N) is 1. The molecule has 0 spiro atoms. The topological polar surface area (TPSA) is 29.3 Å². The minimum atomic E-state index is -0.287. The van der Waals surface area contributed by atoms with Crippen molar-refractivity contribution in [2.24, 2.45) is 5.73 Å². The van der Waals surface area contributed by atoms with Crippen molar-refractivity contribution in [2.75, 3.05) is 18.5 Å². The third-order valence-corrected chi connectivity index (χ3v) is 3.74. The number of likely N-dealkylation sites (N-methyl/N-ethyl adjacent to an activating group) is 1. The second-order valence-electron chi connectivity index (χ2n) is 4.81. The number of hydrogen-bond acceptors (Lipinski definition) is 2. The Morgan fingerprint density at radius 3 is 2.60 bits per heavy atom. The number of hydrogen-bond donors (Lipinski definition) is 1. The number of para-hydroxylation sites is 1. The molecule has 0 aliphatic heterocycles. The summed E-state index contributed by atoms with van der Waals surface area (Å²) in [6.45, 7) is 2.33. The van der Waals surface area contributed by atoms with Crippen molar-refractivity contribution >= 4 is 17.3 Å². The molecule has 20 heavy (non-hydrogen) atoms. The van der Waals surface area contributed by atoms with Gasteiger partial charge in [-0.2, -0.15) is 0 Å². The van der Waals surface area contributed by atoms with E-state index in [1.54, 1.807) is 12.1 Å². The molecule has 0 bridgehead atoms. The van der Waals surface area contributed by atoms with Crippen LogP contribution < -0.4 is 10.6 Å². The largest absolute Gasteiger partial charge is 0.366 e. The van der Waals surface area contributed by atoms with Crippen LogP contribution in [0.15, 0.2) is 42.5 Å². The molecule has 2 N–H and O–H groups in total. The van der Waals surface area contributed by atoms with Gasteiger partial charge in [0.25, 0.3) is 0 Å². The Bertz CT molecular complexity index is 601. The number of halogens is 2. The van der Waals surface area contributed by atoms with Crippen LogP contribution in [0.5, 0.6) is 0 Å². The fourth-order valence-corrected chi connectivity index (χ4v) is 2.57. The average molecular weight is 293 g/mol. The maximum atomic E-state index is 14.0. The Labute approximate surface area is 124 Å².